The number of benzene rings is 2. The molecule has 1 amide bonds. The van der Waals surface area contributed by atoms with Crippen molar-refractivity contribution in [3.63, 3.8) is 0 Å². The molecule has 1 atom stereocenters. The lowest BCUT2D eigenvalue weighted by atomic mass is 9.88. The fourth-order valence-corrected chi connectivity index (χ4v) is 7.01. The minimum absolute atomic E-state index is 0.0147. The molecule has 2 saturated heterocycles. The molecule has 204 valence electrons. The van der Waals surface area contributed by atoms with E-state index in [4.69, 9.17) is 4.99 Å². The first-order valence-corrected chi connectivity index (χ1v) is 15.0. The van der Waals surface area contributed by atoms with Crippen LogP contribution in [-0.2, 0) is 4.79 Å². The molecule has 1 unspecified atom stereocenters. The van der Waals surface area contributed by atoms with Crippen molar-refractivity contribution in [3.8, 4) is 11.1 Å². The Morgan fingerprint density at radius 3 is 2.46 bits per heavy atom. The van der Waals surface area contributed by atoms with Crippen LogP contribution < -0.4 is 0 Å². The van der Waals surface area contributed by atoms with Crippen LogP contribution in [0.3, 0.4) is 0 Å². The standard InChI is InChI=1S/C33H41N5O/c1-23(2)36-17-13-33(14-18-36)22-38(21-24-12-16-37(20-24)32(39)27-7-8-27)31(35-33)26-5-3-25(4-6-26)28-9-10-30-29(19-28)11-15-34-30/h3-6,9-11,15,19,23-24,27,34H,7-8,12-14,16-18,20-22H2,1-2H3. The molecule has 0 bridgehead atoms. The molecular formula is C33H41N5O. The molecule has 3 fully saturated rings. The van der Waals surface area contributed by atoms with Crippen LogP contribution in [0.15, 0.2) is 59.7 Å². The monoisotopic (exact) mass is 523 g/mol. The molecule has 1 N–H and O–H groups in total. The third-order valence-electron chi connectivity index (χ3n) is 9.62. The maximum Gasteiger partial charge on any atom is 0.225 e. The van der Waals surface area contributed by atoms with Crippen molar-refractivity contribution in [1.82, 2.24) is 19.7 Å². The molecule has 2 aromatic carbocycles. The molecule has 0 radical (unpaired) electrons. The number of H-pyrrole nitrogens is 1. The van der Waals surface area contributed by atoms with Gasteiger partial charge in [0.2, 0.25) is 5.91 Å². The molecule has 7 rings (SSSR count). The Bertz CT molecular complexity index is 1380. The topological polar surface area (TPSA) is 54.9 Å². The van der Waals surface area contributed by atoms with Gasteiger partial charge in [0.15, 0.2) is 0 Å². The van der Waals surface area contributed by atoms with Gasteiger partial charge in [-0.05, 0) is 86.6 Å². The van der Waals surface area contributed by atoms with Crippen LogP contribution in [0.25, 0.3) is 22.0 Å². The van der Waals surface area contributed by atoms with Crippen LogP contribution in [0.5, 0.6) is 0 Å². The number of piperidine rings is 1. The Balaban J connectivity index is 1.12. The summed E-state index contributed by atoms with van der Waals surface area (Å²) in [7, 11) is 0. The second kappa shape index (κ2) is 9.81. The number of aliphatic imine (C=N–C) groups is 1. The van der Waals surface area contributed by atoms with Gasteiger partial charge in [0.1, 0.15) is 5.84 Å². The number of carbonyl (C=O) groups excluding carboxylic acids is 1. The molecule has 39 heavy (non-hydrogen) atoms. The molecule has 1 saturated carbocycles. The zero-order chi connectivity index (χ0) is 26.6. The van der Waals surface area contributed by atoms with Crippen molar-refractivity contribution < 1.29 is 4.79 Å². The highest BCUT2D eigenvalue weighted by atomic mass is 16.2. The quantitative estimate of drug-likeness (QED) is 0.471. The lowest BCUT2D eigenvalue weighted by Gasteiger charge is -2.39. The van der Waals surface area contributed by atoms with Crippen LogP contribution in [0.1, 0.15) is 51.5 Å². The zero-order valence-corrected chi connectivity index (χ0v) is 23.4. The molecule has 1 aromatic heterocycles. The molecule has 6 heteroatoms. The van der Waals surface area contributed by atoms with E-state index in [0.717, 1.165) is 77.2 Å². The van der Waals surface area contributed by atoms with Crippen LogP contribution in [-0.4, -0.2) is 82.3 Å². The van der Waals surface area contributed by atoms with Gasteiger partial charge in [0, 0.05) is 68.5 Å². The molecule has 4 aliphatic rings. The van der Waals surface area contributed by atoms with Gasteiger partial charge in [-0.25, -0.2) is 0 Å². The number of hydrogen-bond acceptors (Lipinski definition) is 4. The predicted octanol–water partition coefficient (Wildman–Crippen LogP) is 5.40. The Hall–Kier alpha value is -3.12. The number of amides is 1. The summed E-state index contributed by atoms with van der Waals surface area (Å²) < 4.78 is 0. The van der Waals surface area contributed by atoms with E-state index in [1.54, 1.807) is 0 Å². The number of nitrogens with zero attached hydrogens (tertiary/aromatic N) is 4. The number of fused-ring (bicyclic) bond motifs is 1. The predicted molar refractivity (Wildman–Crippen MR) is 158 cm³/mol. The number of aromatic amines is 1. The largest absolute Gasteiger partial charge is 0.361 e. The van der Waals surface area contributed by atoms with Crippen LogP contribution in [0, 0.1) is 11.8 Å². The summed E-state index contributed by atoms with van der Waals surface area (Å²) in [6.07, 6.45) is 7.53. The summed E-state index contributed by atoms with van der Waals surface area (Å²) in [6, 6.07) is 18.4. The highest BCUT2D eigenvalue weighted by Crippen LogP contribution is 2.37. The van der Waals surface area contributed by atoms with Crippen molar-refractivity contribution in [3.05, 3.63) is 60.3 Å². The second-order valence-electron chi connectivity index (χ2n) is 12.7. The van der Waals surface area contributed by atoms with Crippen LogP contribution >= 0.6 is 0 Å². The van der Waals surface area contributed by atoms with Gasteiger partial charge in [-0.3, -0.25) is 9.79 Å². The molecule has 1 aliphatic carbocycles. The minimum atomic E-state index is 0.0147. The van der Waals surface area contributed by atoms with Crippen LogP contribution in [0.2, 0.25) is 0 Å². The number of rotatable bonds is 6. The number of hydrogen-bond donors (Lipinski definition) is 1. The first-order chi connectivity index (χ1) is 19.0. The van der Waals surface area contributed by atoms with E-state index in [2.05, 4.69) is 82.1 Å². The second-order valence-corrected chi connectivity index (χ2v) is 12.7. The first-order valence-electron chi connectivity index (χ1n) is 15.0. The number of amidine groups is 1. The van der Waals surface area contributed by atoms with Gasteiger partial charge < -0.3 is 19.7 Å². The van der Waals surface area contributed by atoms with Gasteiger partial charge >= 0.3 is 0 Å². The summed E-state index contributed by atoms with van der Waals surface area (Å²) >= 11 is 0. The number of carbonyl (C=O) groups is 1. The summed E-state index contributed by atoms with van der Waals surface area (Å²) in [5.74, 6) is 2.40. The Labute approximate surface area is 232 Å². The molecule has 6 nitrogen and oxygen atoms in total. The number of likely N-dealkylation sites (tertiary alicyclic amines) is 2. The lowest BCUT2D eigenvalue weighted by Crippen LogP contribution is -2.48. The first kappa shape index (κ1) is 24.9. The fourth-order valence-electron chi connectivity index (χ4n) is 7.01. The van der Waals surface area contributed by atoms with Gasteiger partial charge in [-0.1, -0.05) is 30.3 Å². The Morgan fingerprint density at radius 1 is 0.974 bits per heavy atom. The van der Waals surface area contributed by atoms with Gasteiger partial charge in [0.05, 0.1) is 5.54 Å². The van der Waals surface area contributed by atoms with E-state index in [-0.39, 0.29) is 5.54 Å². The lowest BCUT2D eigenvalue weighted by molar-refractivity contribution is -0.131. The van der Waals surface area contributed by atoms with Crippen molar-refractivity contribution in [2.75, 3.05) is 39.3 Å². The third-order valence-corrected chi connectivity index (χ3v) is 9.62. The van der Waals surface area contributed by atoms with E-state index in [0.29, 0.717) is 23.8 Å². The van der Waals surface area contributed by atoms with E-state index < -0.39 is 0 Å². The molecule has 3 aromatic rings. The molecule has 3 aliphatic heterocycles. The Kier molecular flexibility index (Phi) is 6.26. The fraction of sp³-hybridized carbons (Fsp3) is 0.515. The highest BCUT2D eigenvalue weighted by molar-refractivity contribution is 6.01. The summed E-state index contributed by atoms with van der Waals surface area (Å²) in [5, 5.41) is 1.24. The maximum atomic E-state index is 12.7. The van der Waals surface area contributed by atoms with Crippen molar-refractivity contribution in [1.29, 1.82) is 0 Å². The van der Waals surface area contributed by atoms with E-state index in [1.807, 2.05) is 6.20 Å². The van der Waals surface area contributed by atoms with E-state index in [9.17, 15) is 4.79 Å². The van der Waals surface area contributed by atoms with Crippen molar-refractivity contribution in [2.45, 2.75) is 57.5 Å². The van der Waals surface area contributed by atoms with Crippen LogP contribution in [0.4, 0.5) is 0 Å². The Morgan fingerprint density at radius 2 is 1.72 bits per heavy atom. The normalized spacial score (nSPS) is 23.4. The average molecular weight is 524 g/mol. The maximum absolute atomic E-state index is 12.7. The number of aromatic nitrogens is 1. The van der Waals surface area contributed by atoms with E-state index in [1.165, 1.54) is 27.6 Å². The SMILES string of the molecule is CC(C)N1CCC2(CC1)CN(CC1CCN(C(=O)C3CC3)C1)C(c1ccc(-c3ccc4[nH]ccc4c3)cc1)=N2. The third kappa shape index (κ3) is 4.88. The molecule has 4 heterocycles. The number of nitrogens with one attached hydrogen (secondary N) is 1. The average Bonchev–Trinajstić information content (AvgIpc) is 3.35. The van der Waals surface area contributed by atoms with Gasteiger partial charge in [-0.2, -0.15) is 0 Å². The summed E-state index contributed by atoms with van der Waals surface area (Å²) in [5.41, 5.74) is 4.87. The summed E-state index contributed by atoms with van der Waals surface area (Å²) in [6.45, 7) is 10.7. The molecule has 1 spiro atoms. The van der Waals surface area contributed by atoms with Gasteiger partial charge in [0.25, 0.3) is 0 Å². The van der Waals surface area contributed by atoms with Gasteiger partial charge in [-0.15, -0.1) is 0 Å². The molecular weight excluding hydrogens is 482 g/mol. The summed E-state index contributed by atoms with van der Waals surface area (Å²) in [4.78, 5) is 28.8. The van der Waals surface area contributed by atoms with Crippen molar-refractivity contribution in [2.24, 2.45) is 16.8 Å². The smallest absolute Gasteiger partial charge is 0.225 e. The van der Waals surface area contributed by atoms with E-state index >= 15 is 0 Å². The highest BCUT2D eigenvalue weighted by Gasteiger charge is 2.44. The minimum Gasteiger partial charge on any atom is -0.361 e. The zero-order valence-electron chi connectivity index (χ0n) is 23.4. The van der Waals surface area contributed by atoms with Crippen molar-refractivity contribution >= 4 is 22.6 Å².